The van der Waals surface area contributed by atoms with Crippen LogP contribution < -0.4 is 5.32 Å². The van der Waals surface area contributed by atoms with Crippen LogP contribution in [0.1, 0.15) is 17.3 Å². The van der Waals surface area contributed by atoms with E-state index >= 15 is 0 Å². The molecule has 1 N–H and O–H groups in total. The summed E-state index contributed by atoms with van der Waals surface area (Å²) in [4.78, 5) is 22.3. The quantitative estimate of drug-likeness (QED) is 0.686. The maximum absolute atomic E-state index is 11.6. The van der Waals surface area contributed by atoms with Gasteiger partial charge in [-0.2, -0.15) is 0 Å². The number of anilines is 1. The highest BCUT2D eigenvalue weighted by atomic mass is 79.9. The predicted octanol–water partition coefficient (Wildman–Crippen LogP) is 2.83. The number of alkyl halides is 1. The van der Waals surface area contributed by atoms with Crippen LogP contribution in [0.3, 0.4) is 0 Å². The molecule has 0 heterocycles. The number of carbonyl (C=O) groups excluding carboxylic acids is 2. The van der Waals surface area contributed by atoms with Crippen molar-refractivity contribution in [1.82, 2.24) is 0 Å². The van der Waals surface area contributed by atoms with Crippen LogP contribution in [-0.2, 0) is 4.74 Å². The number of Topliss-reactive ketones (excluding diaryl/α,β-unsaturated/α-hetero) is 1. The van der Waals surface area contributed by atoms with Gasteiger partial charge in [0.15, 0.2) is 5.78 Å². The second kappa shape index (κ2) is 5.65. The molecular weight excluding hydrogens is 274 g/mol. The zero-order chi connectivity index (χ0) is 12.1. The van der Waals surface area contributed by atoms with Gasteiger partial charge in [-0.3, -0.25) is 10.1 Å². The average Bonchev–Trinajstić information content (AvgIpc) is 2.28. The number of nitrogens with one attached hydrogen (secondary N) is 1. The normalized spacial score (nSPS) is 11.7. The minimum atomic E-state index is -0.534. The van der Waals surface area contributed by atoms with Crippen LogP contribution in [0.5, 0.6) is 0 Å². The minimum absolute atomic E-state index is 0.00428. The Hall–Kier alpha value is -1.36. The van der Waals surface area contributed by atoms with Gasteiger partial charge in [-0.1, -0.05) is 15.9 Å². The molecule has 0 bridgehead atoms. The number of hydrogen-bond donors (Lipinski definition) is 1. The summed E-state index contributed by atoms with van der Waals surface area (Å²) < 4.78 is 4.45. The monoisotopic (exact) mass is 285 g/mol. The van der Waals surface area contributed by atoms with E-state index in [9.17, 15) is 9.59 Å². The van der Waals surface area contributed by atoms with Crippen molar-refractivity contribution >= 4 is 33.5 Å². The Labute approximate surface area is 102 Å². The van der Waals surface area contributed by atoms with E-state index in [1.165, 1.54) is 7.11 Å². The summed E-state index contributed by atoms with van der Waals surface area (Å²) in [6.45, 7) is 1.77. The van der Waals surface area contributed by atoms with Crippen LogP contribution in [0.15, 0.2) is 24.3 Å². The molecule has 1 rings (SSSR count). The van der Waals surface area contributed by atoms with Crippen molar-refractivity contribution in [3.05, 3.63) is 29.8 Å². The molecule has 1 unspecified atom stereocenters. The standard InChI is InChI=1S/C11H12BrNO3/c1-7(12)10(14)8-3-5-9(6-4-8)13-11(15)16-2/h3-7H,1-2H3,(H,13,15). The Morgan fingerprint density at radius 3 is 2.31 bits per heavy atom. The van der Waals surface area contributed by atoms with Crippen LogP contribution in [0.25, 0.3) is 0 Å². The molecule has 1 aromatic rings. The van der Waals surface area contributed by atoms with Gasteiger partial charge in [0.25, 0.3) is 0 Å². The summed E-state index contributed by atoms with van der Waals surface area (Å²) >= 11 is 3.21. The number of ketones is 1. The second-order valence-corrected chi connectivity index (χ2v) is 4.55. The van der Waals surface area contributed by atoms with Gasteiger partial charge < -0.3 is 4.74 Å². The van der Waals surface area contributed by atoms with Gasteiger partial charge in [-0.15, -0.1) is 0 Å². The first kappa shape index (κ1) is 12.7. The van der Waals surface area contributed by atoms with Crippen molar-refractivity contribution in [1.29, 1.82) is 0 Å². The lowest BCUT2D eigenvalue weighted by Crippen LogP contribution is -2.12. The summed E-state index contributed by atoms with van der Waals surface area (Å²) in [6, 6.07) is 6.62. The van der Waals surface area contributed by atoms with Gasteiger partial charge in [0, 0.05) is 11.3 Å². The molecule has 4 nitrogen and oxygen atoms in total. The molecule has 0 aliphatic rings. The number of amides is 1. The lowest BCUT2D eigenvalue weighted by atomic mass is 10.1. The lowest BCUT2D eigenvalue weighted by molar-refractivity contribution is 0.0996. The highest BCUT2D eigenvalue weighted by Gasteiger charge is 2.11. The van der Waals surface area contributed by atoms with Gasteiger partial charge in [-0.05, 0) is 31.2 Å². The fourth-order valence-electron chi connectivity index (χ4n) is 1.12. The van der Waals surface area contributed by atoms with E-state index in [4.69, 9.17) is 0 Å². The fraction of sp³-hybridized carbons (Fsp3) is 0.273. The minimum Gasteiger partial charge on any atom is -0.453 e. The molecule has 0 fully saturated rings. The average molecular weight is 286 g/mol. The Morgan fingerprint density at radius 1 is 1.31 bits per heavy atom. The molecule has 1 aromatic carbocycles. The van der Waals surface area contributed by atoms with E-state index in [1.54, 1.807) is 31.2 Å². The molecule has 0 radical (unpaired) electrons. The Balaban J connectivity index is 2.75. The smallest absolute Gasteiger partial charge is 0.411 e. The number of carbonyl (C=O) groups is 2. The first-order valence-corrected chi connectivity index (χ1v) is 5.59. The van der Waals surface area contributed by atoms with Crippen LogP contribution in [0, 0.1) is 0 Å². The molecule has 1 amide bonds. The number of halogens is 1. The summed E-state index contributed by atoms with van der Waals surface area (Å²) in [5.41, 5.74) is 1.19. The Kier molecular flexibility index (Phi) is 4.49. The molecule has 0 saturated carbocycles. The Morgan fingerprint density at radius 2 is 1.88 bits per heavy atom. The van der Waals surface area contributed by atoms with Gasteiger partial charge in [-0.25, -0.2) is 4.79 Å². The van der Waals surface area contributed by atoms with Gasteiger partial charge in [0.05, 0.1) is 11.9 Å². The summed E-state index contributed by atoms with van der Waals surface area (Å²) in [5.74, 6) is 0.00428. The van der Waals surface area contributed by atoms with E-state index < -0.39 is 6.09 Å². The maximum Gasteiger partial charge on any atom is 0.411 e. The molecule has 0 aliphatic carbocycles. The largest absolute Gasteiger partial charge is 0.453 e. The molecule has 86 valence electrons. The van der Waals surface area contributed by atoms with E-state index in [2.05, 4.69) is 26.0 Å². The maximum atomic E-state index is 11.6. The van der Waals surface area contributed by atoms with Gasteiger partial charge in [0.2, 0.25) is 0 Å². The zero-order valence-electron chi connectivity index (χ0n) is 8.99. The lowest BCUT2D eigenvalue weighted by Gasteiger charge is -2.05. The zero-order valence-corrected chi connectivity index (χ0v) is 10.6. The fourth-order valence-corrected chi connectivity index (χ4v) is 1.38. The van der Waals surface area contributed by atoms with E-state index in [0.29, 0.717) is 11.3 Å². The second-order valence-electron chi connectivity index (χ2n) is 3.17. The van der Waals surface area contributed by atoms with E-state index in [-0.39, 0.29) is 10.6 Å². The van der Waals surface area contributed by atoms with Crippen molar-refractivity contribution in [2.75, 3.05) is 12.4 Å². The number of benzene rings is 1. The number of methoxy groups -OCH3 is 1. The highest BCUT2D eigenvalue weighted by molar-refractivity contribution is 9.10. The van der Waals surface area contributed by atoms with E-state index in [1.807, 2.05) is 0 Å². The summed E-state index contributed by atoms with van der Waals surface area (Å²) in [7, 11) is 1.29. The first-order chi connectivity index (χ1) is 7.54. The van der Waals surface area contributed by atoms with Crippen LogP contribution in [0.4, 0.5) is 10.5 Å². The van der Waals surface area contributed by atoms with Gasteiger partial charge >= 0.3 is 6.09 Å². The number of ether oxygens (including phenoxy) is 1. The highest BCUT2D eigenvalue weighted by Crippen LogP contribution is 2.14. The summed E-state index contributed by atoms with van der Waals surface area (Å²) in [6.07, 6.45) is -0.534. The molecule has 0 spiro atoms. The topological polar surface area (TPSA) is 55.4 Å². The van der Waals surface area contributed by atoms with Crippen LogP contribution in [0.2, 0.25) is 0 Å². The molecule has 0 aromatic heterocycles. The molecule has 1 atom stereocenters. The SMILES string of the molecule is COC(=O)Nc1ccc(C(=O)C(C)Br)cc1. The van der Waals surface area contributed by atoms with Crippen molar-refractivity contribution < 1.29 is 14.3 Å². The van der Waals surface area contributed by atoms with Crippen molar-refractivity contribution in [3.63, 3.8) is 0 Å². The van der Waals surface area contributed by atoms with Gasteiger partial charge in [0.1, 0.15) is 0 Å². The van der Waals surface area contributed by atoms with Crippen LogP contribution >= 0.6 is 15.9 Å². The first-order valence-electron chi connectivity index (χ1n) is 4.68. The van der Waals surface area contributed by atoms with E-state index in [0.717, 1.165) is 0 Å². The Bertz CT molecular complexity index is 387. The molecule has 5 heteroatoms. The molecule has 16 heavy (non-hydrogen) atoms. The van der Waals surface area contributed by atoms with Crippen molar-refractivity contribution in [2.24, 2.45) is 0 Å². The van der Waals surface area contributed by atoms with Crippen molar-refractivity contribution in [3.8, 4) is 0 Å². The summed E-state index contributed by atoms with van der Waals surface area (Å²) in [5, 5.41) is 2.50. The third-order valence-electron chi connectivity index (χ3n) is 1.96. The third-order valence-corrected chi connectivity index (χ3v) is 2.38. The molecular formula is C11H12BrNO3. The molecule has 0 aliphatic heterocycles. The third kappa shape index (κ3) is 3.34. The molecule has 0 saturated heterocycles. The number of rotatable bonds is 3. The predicted molar refractivity (Wildman–Crippen MR) is 65.2 cm³/mol. The number of hydrogen-bond acceptors (Lipinski definition) is 3. The van der Waals surface area contributed by atoms with Crippen molar-refractivity contribution in [2.45, 2.75) is 11.8 Å². The van der Waals surface area contributed by atoms with Crippen LogP contribution in [-0.4, -0.2) is 23.8 Å².